The van der Waals surface area contributed by atoms with Gasteiger partial charge in [0.15, 0.2) is 6.29 Å². The van der Waals surface area contributed by atoms with Gasteiger partial charge in [0, 0.05) is 0 Å². The molecule has 76 valence electrons. The summed E-state index contributed by atoms with van der Waals surface area (Å²) < 4.78 is 21.6. The van der Waals surface area contributed by atoms with E-state index < -0.39 is 0 Å². The van der Waals surface area contributed by atoms with Crippen molar-refractivity contribution in [2.75, 3.05) is 26.6 Å². The Morgan fingerprint density at radius 2 is 1.69 bits per heavy atom. The van der Waals surface area contributed by atoms with Crippen molar-refractivity contribution >= 4 is 0 Å². The Hall–Kier alpha value is -0.160. The normalized spacial score (nSPS) is 46.6. The van der Waals surface area contributed by atoms with Crippen molar-refractivity contribution < 1.29 is 18.9 Å². The van der Waals surface area contributed by atoms with Gasteiger partial charge < -0.3 is 18.9 Å². The number of ether oxygens (including phenoxy) is 4. The Balaban J connectivity index is 2.01. The van der Waals surface area contributed by atoms with Gasteiger partial charge >= 0.3 is 0 Å². The van der Waals surface area contributed by atoms with Gasteiger partial charge in [-0.15, -0.1) is 0 Å². The zero-order valence-electron chi connectivity index (χ0n) is 8.12. The summed E-state index contributed by atoms with van der Waals surface area (Å²) in [6.45, 7) is 6.33. The summed E-state index contributed by atoms with van der Waals surface area (Å²) in [6, 6.07) is 0. The quantitative estimate of drug-likeness (QED) is 0.562. The monoisotopic (exact) mass is 188 g/mol. The average Bonchev–Trinajstić information content (AvgIpc) is 2.15. The predicted octanol–water partition coefficient (Wildman–Crippen LogP) is 0.758. The van der Waals surface area contributed by atoms with Crippen molar-refractivity contribution in [1.29, 1.82) is 0 Å². The number of hydrogen-bond donors (Lipinski definition) is 0. The predicted molar refractivity (Wildman–Crippen MR) is 45.2 cm³/mol. The van der Waals surface area contributed by atoms with Crippen LogP contribution in [0.3, 0.4) is 0 Å². The third-order valence-corrected chi connectivity index (χ3v) is 2.86. The molecule has 13 heavy (non-hydrogen) atoms. The first-order valence-corrected chi connectivity index (χ1v) is 4.65. The fourth-order valence-electron chi connectivity index (χ4n) is 1.66. The van der Waals surface area contributed by atoms with Crippen molar-refractivity contribution in [2.45, 2.75) is 26.2 Å². The second kappa shape index (κ2) is 3.53. The number of rotatable bonds is 0. The first-order chi connectivity index (χ1) is 6.23. The van der Waals surface area contributed by atoms with Gasteiger partial charge in [0.2, 0.25) is 0 Å². The van der Waals surface area contributed by atoms with E-state index in [1.807, 2.05) is 13.8 Å². The van der Waals surface area contributed by atoms with E-state index in [-0.39, 0.29) is 17.8 Å². The SMILES string of the molecule is CC1OCC2(COCOC2C)CO1. The molecule has 0 saturated carbocycles. The van der Waals surface area contributed by atoms with Crippen LogP contribution in [0.1, 0.15) is 13.8 Å². The van der Waals surface area contributed by atoms with Gasteiger partial charge in [-0.3, -0.25) is 0 Å². The van der Waals surface area contributed by atoms with Gasteiger partial charge in [-0.2, -0.15) is 0 Å². The van der Waals surface area contributed by atoms with Crippen LogP contribution in [-0.4, -0.2) is 39.0 Å². The van der Waals surface area contributed by atoms with Crippen LogP contribution in [0, 0.1) is 5.41 Å². The second-order valence-corrected chi connectivity index (χ2v) is 3.83. The number of hydrogen-bond acceptors (Lipinski definition) is 4. The molecule has 2 aliphatic rings. The van der Waals surface area contributed by atoms with Crippen molar-refractivity contribution in [3.8, 4) is 0 Å². The smallest absolute Gasteiger partial charge is 0.154 e. The molecule has 0 bridgehead atoms. The summed E-state index contributed by atoms with van der Waals surface area (Å²) in [5, 5.41) is 0. The van der Waals surface area contributed by atoms with Crippen LogP contribution < -0.4 is 0 Å². The average molecular weight is 188 g/mol. The molecule has 2 heterocycles. The molecule has 1 atom stereocenters. The van der Waals surface area contributed by atoms with Crippen LogP contribution in [0.4, 0.5) is 0 Å². The van der Waals surface area contributed by atoms with Crippen LogP contribution in [0.15, 0.2) is 0 Å². The maximum absolute atomic E-state index is 5.46. The Morgan fingerprint density at radius 3 is 2.31 bits per heavy atom. The lowest BCUT2D eigenvalue weighted by atomic mass is 9.84. The molecule has 2 fully saturated rings. The van der Waals surface area contributed by atoms with E-state index in [0.717, 1.165) is 0 Å². The van der Waals surface area contributed by atoms with Gasteiger partial charge in [0.05, 0.1) is 31.3 Å². The van der Waals surface area contributed by atoms with Gasteiger partial charge in [-0.05, 0) is 13.8 Å². The van der Waals surface area contributed by atoms with E-state index in [4.69, 9.17) is 18.9 Å². The van der Waals surface area contributed by atoms with Crippen molar-refractivity contribution in [3.05, 3.63) is 0 Å². The topological polar surface area (TPSA) is 36.9 Å². The zero-order valence-corrected chi connectivity index (χ0v) is 8.12. The zero-order chi connectivity index (χ0) is 9.31. The van der Waals surface area contributed by atoms with Crippen LogP contribution in [0.2, 0.25) is 0 Å². The highest BCUT2D eigenvalue weighted by molar-refractivity contribution is 4.88. The third-order valence-electron chi connectivity index (χ3n) is 2.86. The first kappa shape index (κ1) is 9.40. The van der Waals surface area contributed by atoms with Crippen LogP contribution >= 0.6 is 0 Å². The molecular formula is C9H16O4. The molecule has 2 aliphatic heterocycles. The molecule has 2 rings (SSSR count). The molecule has 0 radical (unpaired) electrons. The van der Waals surface area contributed by atoms with Gasteiger partial charge in [0.1, 0.15) is 6.79 Å². The maximum Gasteiger partial charge on any atom is 0.154 e. The summed E-state index contributed by atoms with van der Waals surface area (Å²) in [7, 11) is 0. The van der Waals surface area contributed by atoms with E-state index in [0.29, 0.717) is 26.6 Å². The van der Waals surface area contributed by atoms with Crippen LogP contribution in [0.25, 0.3) is 0 Å². The van der Waals surface area contributed by atoms with Crippen molar-refractivity contribution in [2.24, 2.45) is 5.41 Å². The summed E-state index contributed by atoms with van der Waals surface area (Å²) >= 11 is 0. The lowest BCUT2D eigenvalue weighted by molar-refractivity contribution is -0.295. The molecule has 0 aromatic rings. The highest BCUT2D eigenvalue weighted by Gasteiger charge is 2.44. The molecule has 4 heteroatoms. The Morgan fingerprint density at radius 1 is 1.00 bits per heavy atom. The summed E-state index contributed by atoms with van der Waals surface area (Å²) in [4.78, 5) is 0. The van der Waals surface area contributed by atoms with Gasteiger partial charge in [0.25, 0.3) is 0 Å². The summed E-state index contributed by atoms with van der Waals surface area (Å²) in [6.07, 6.45) is 0.0495. The molecule has 4 nitrogen and oxygen atoms in total. The molecule has 2 saturated heterocycles. The largest absolute Gasteiger partial charge is 0.355 e. The first-order valence-electron chi connectivity index (χ1n) is 4.65. The molecule has 0 N–H and O–H groups in total. The minimum atomic E-state index is -0.0975. The standard InChI is InChI=1S/C9H16O4/c1-7-9(3-10-6-13-7)4-11-8(2)12-5-9/h7-8H,3-6H2,1-2H3. The Labute approximate surface area is 78.1 Å². The van der Waals surface area contributed by atoms with Crippen molar-refractivity contribution in [1.82, 2.24) is 0 Å². The van der Waals surface area contributed by atoms with Gasteiger partial charge in [-0.1, -0.05) is 0 Å². The summed E-state index contributed by atoms with van der Waals surface area (Å²) in [5.41, 5.74) is -0.0925. The molecule has 0 aliphatic carbocycles. The molecular weight excluding hydrogens is 172 g/mol. The molecule has 1 unspecified atom stereocenters. The fraction of sp³-hybridized carbons (Fsp3) is 1.00. The van der Waals surface area contributed by atoms with E-state index in [9.17, 15) is 0 Å². The minimum Gasteiger partial charge on any atom is -0.355 e. The second-order valence-electron chi connectivity index (χ2n) is 3.83. The van der Waals surface area contributed by atoms with Crippen LogP contribution in [0.5, 0.6) is 0 Å². The highest BCUT2D eigenvalue weighted by atomic mass is 16.7. The minimum absolute atomic E-state index is 0.0925. The van der Waals surface area contributed by atoms with Crippen LogP contribution in [-0.2, 0) is 18.9 Å². The lowest BCUT2D eigenvalue weighted by Crippen LogP contribution is -2.54. The van der Waals surface area contributed by atoms with E-state index in [1.54, 1.807) is 0 Å². The maximum atomic E-state index is 5.46. The van der Waals surface area contributed by atoms with Gasteiger partial charge in [-0.25, -0.2) is 0 Å². The molecule has 0 aromatic carbocycles. The van der Waals surface area contributed by atoms with E-state index in [1.165, 1.54) is 0 Å². The Bertz CT molecular complexity index is 174. The van der Waals surface area contributed by atoms with E-state index in [2.05, 4.69) is 0 Å². The van der Waals surface area contributed by atoms with E-state index >= 15 is 0 Å². The third kappa shape index (κ3) is 1.72. The Kier molecular flexibility index (Phi) is 2.55. The van der Waals surface area contributed by atoms with Crippen molar-refractivity contribution in [3.63, 3.8) is 0 Å². The fourth-order valence-corrected chi connectivity index (χ4v) is 1.66. The molecule has 0 amide bonds. The molecule has 1 spiro atoms. The lowest BCUT2D eigenvalue weighted by Gasteiger charge is -2.45. The summed E-state index contributed by atoms with van der Waals surface area (Å²) in [5.74, 6) is 0. The molecule has 0 aromatic heterocycles. The highest BCUT2D eigenvalue weighted by Crippen LogP contribution is 2.33.